The molecule has 1 saturated carbocycles. The van der Waals surface area contributed by atoms with Crippen molar-refractivity contribution in [2.45, 2.75) is 70.9 Å². The Balaban J connectivity index is 0.000000305. The average Bonchev–Trinajstić information content (AvgIpc) is 3.41. The maximum Gasteiger partial charge on any atom is 0.227 e. The van der Waals surface area contributed by atoms with Crippen LogP contribution in [0.5, 0.6) is 0 Å². The summed E-state index contributed by atoms with van der Waals surface area (Å²) >= 11 is 0. The summed E-state index contributed by atoms with van der Waals surface area (Å²) in [4.78, 5) is 25.3. The van der Waals surface area contributed by atoms with E-state index >= 15 is 0 Å². The van der Waals surface area contributed by atoms with E-state index in [4.69, 9.17) is 15.0 Å². The number of rotatable bonds is 14. The van der Waals surface area contributed by atoms with Gasteiger partial charge >= 0.3 is 0 Å². The first-order chi connectivity index (χ1) is 18.8. The van der Waals surface area contributed by atoms with E-state index < -0.39 is 24.3 Å². The van der Waals surface area contributed by atoms with Crippen LogP contribution >= 0.6 is 7.37 Å². The van der Waals surface area contributed by atoms with Crippen molar-refractivity contribution < 1.29 is 32.2 Å². The molecular weight excluding hydrogens is 537 g/mol. The van der Waals surface area contributed by atoms with Gasteiger partial charge in [0.15, 0.2) is 5.78 Å². The molecule has 1 unspecified atom stereocenters. The molecule has 1 aliphatic carbocycles. The van der Waals surface area contributed by atoms with Crippen LogP contribution in [0, 0.1) is 29.4 Å². The van der Waals surface area contributed by atoms with Gasteiger partial charge in [-0.05, 0) is 63.5 Å². The Bertz CT molecular complexity index is 1080. The van der Waals surface area contributed by atoms with Crippen LogP contribution in [0.1, 0.15) is 58.9 Å². The molecule has 224 valence electrons. The highest BCUT2D eigenvalue weighted by Crippen LogP contribution is 2.72. The fourth-order valence-electron chi connectivity index (χ4n) is 5.22. The maximum absolute atomic E-state index is 13.9. The van der Waals surface area contributed by atoms with Crippen LogP contribution in [-0.4, -0.2) is 54.3 Å². The smallest absolute Gasteiger partial charge is 0.227 e. The number of Topliss-reactive ketones (excluding diaryl/α,β-unsaturated/α-hetero) is 1. The first-order valence-corrected chi connectivity index (χ1v) is 15.7. The third-order valence-electron chi connectivity index (χ3n) is 7.57. The molecule has 3 rings (SSSR count). The topological polar surface area (TPSA) is 98.9 Å². The van der Waals surface area contributed by atoms with Crippen molar-refractivity contribution in [3.05, 3.63) is 60.7 Å². The second kappa shape index (κ2) is 15.2. The maximum atomic E-state index is 13.9. The first-order valence-electron chi connectivity index (χ1n) is 13.9. The molecule has 0 bridgehead atoms. The van der Waals surface area contributed by atoms with Gasteiger partial charge < -0.3 is 19.9 Å². The molecular formula is C30H45F2N2O5P. The second-order valence-electron chi connectivity index (χ2n) is 10.9. The fourth-order valence-corrected chi connectivity index (χ4v) is 8.16. The molecule has 7 nitrogen and oxygen atoms in total. The Hall–Kier alpha value is -2.19. The van der Waals surface area contributed by atoms with Gasteiger partial charge in [-0.2, -0.15) is 0 Å². The molecule has 2 aliphatic rings. The SMILES string of the molecule is C=CCOCC[C@@H]1C[C@]1(N)P(=O)(Cc1c(F)cccc1F)OCC.C=CC[C@H](C)C(=O)N1C[C@@H](C)C[C@H]1C(C)=O. The van der Waals surface area contributed by atoms with Gasteiger partial charge in [0.2, 0.25) is 13.3 Å². The Morgan fingerprint density at radius 3 is 2.48 bits per heavy atom. The molecule has 1 aliphatic heterocycles. The molecule has 1 heterocycles. The summed E-state index contributed by atoms with van der Waals surface area (Å²) in [5, 5.41) is -1.05. The van der Waals surface area contributed by atoms with Crippen LogP contribution in [0.2, 0.25) is 0 Å². The zero-order valence-electron chi connectivity index (χ0n) is 24.2. The van der Waals surface area contributed by atoms with Crippen molar-refractivity contribution in [3.63, 3.8) is 0 Å². The van der Waals surface area contributed by atoms with Crippen LogP contribution in [0.4, 0.5) is 8.78 Å². The number of carbonyl (C=O) groups is 2. The minimum atomic E-state index is -3.46. The van der Waals surface area contributed by atoms with Gasteiger partial charge in [0.1, 0.15) is 11.6 Å². The van der Waals surface area contributed by atoms with Gasteiger partial charge in [0.25, 0.3) is 0 Å². The number of ketones is 1. The monoisotopic (exact) mass is 582 g/mol. The van der Waals surface area contributed by atoms with Gasteiger partial charge in [-0.15, -0.1) is 13.2 Å². The molecule has 2 N–H and O–H groups in total. The molecule has 2 fully saturated rings. The largest absolute Gasteiger partial charge is 0.377 e. The van der Waals surface area contributed by atoms with Crippen LogP contribution in [0.25, 0.3) is 0 Å². The molecule has 0 spiro atoms. The van der Waals surface area contributed by atoms with Crippen LogP contribution < -0.4 is 5.73 Å². The standard InChI is InChI=1S/C17H24F2NO3P.C13H21NO2/c1-3-9-22-10-8-13-11-17(13,20)24(21,23-4-2)12-14-15(18)6-5-7-16(14)19;1-5-6-10(3)13(16)14-8-9(2)7-12(14)11(4)15/h3,5-7,13H,1,4,8-12,20H2,2H3;5,9-10,12H,1,6-8H2,2-4H3/t13-,17+,24?;9-,10-,12-/m10/s1. The minimum absolute atomic E-state index is 0.0467. The number of hydrogen-bond acceptors (Lipinski definition) is 6. The van der Waals surface area contributed by atoms with Gasteiger partial charge in [-0.3, -0.25) is 14.2 Å². The molecule has 1 amide bonds. The molecule has 0 radical (unpaired) electrons. The Morgan fingerprint density at radius 2 is 1.93 bits per heavy atom. The number of ether oxygens (including phenoxy) is 1. The molecule has 1 saturated heterocycles. The van der Waals surface area contributed by atoms with E-state index in [-0.39, 0.29) is 47.9 Å². The number of benzene rings is 1. The number of halogens is 2. The quantitative estimate of drug-likeness (QED) is 0.162. The van der Waals surface area contributed by atoms with E-state index in [1.807, 2.05) is 6.92 Å². The van der Waals surface area contributed by atoms with E-state index in [2.05, 4.69) is 20.1 Å². The molecule has 40 heavy (non-hydrogen) atoms. The third-order valence-corrected chi connectivity index (χ3v) is 10.8. The Morgan fingerprint density at radius 1 is 1.27 bits per heavy atom. The predicted molar refractivity (Wildman–Crippen MR) is 154 cm³/mol. The van der Waals surface area contributed by atoms with Crippen LogP contribution in [0.15, 0.2) is 43.5 Å². The number of carbonyl (C=O) groups excluding carboxylic acids is 2. The Kier molecular flexibility index (Phi) is 12.9. The number of nitrogens with zero attached hydrogens (tertiary/aromatic N) is 1. The van der Waals surface area contributed by atoms with Crippen LogP contribution in [-0.2, 0) is 29.6 Å². The number of nitrogens with two attached hydrogens (primary N) is 1. The van der Waals surface area contributed by atoms with Crippen molar-refractivity contribution in [2.24, 2.45) is 23.5 Å². The van der Waals surface area contributed by atoms with E-state index in [0.29, 0.717) is 44.9 Å². The van der Waals surface area contributed by atoms with Crippen molar-refractivity contribution in [3.8, 4) is 0 Å². The summed E-state index contributed by atoms with van der Waals surface area (Å²) < 4.78 is 52.0. The summed E-state index contributed by atoms with van der Waals surface area (Å²) in [5.41, 5.74) is 6.08. The molecule has 1 aromatic rings. The van der Waals surface area contributed by atoms with Crippen molar-refractivity contribution in [1.82, 2.24) is 4.90 Å². The third kappa shape index (κ3) is 8.41. The molecule has 0 aromatic heterocycles. The zero-order chi connectivity index (χ0) is 30.1. The van der Waals surface area contributed by atoms with Crippen molar-refractivity contribution >= 4 is 19.1 Å². The van der Waals surface area contributed by atoms with Gasteiger partial charge in [-0.1, -0.05) is 32.1 Å². The lowest BCUT2D eigenvalue weighted by Gasteiger charge is -2.26. The second-order valence-corrected chi connectivity index (χ2v) is 13.6. The average molecular weight is 583 g/mol. The van der Waals surface area contributed by atoms with E-state index in [1.54, 1.807) is 30.9 Å². The summed E-state index contributed by atoms with van der Waals surface area (Å²) in [5.74, 6) is -0.962. The number of hydrogen-bond donors (Lipinski definition) is 1. The van der Waals surface area contributed by atoms with Gasteiger partial charge in [0, 0.05) is 24.6 Å². The van der Waals surface area contributed by atoms with Crippen molar-refractivity contribution in [1.29, 1.82) is 0 Å². The lowest BCUT2D eigenvalue weighted by molar-refractivity contribution is -0.139. The number of allylic oxidation sites excluding steroid dienone is 1. The highest BCUT2D eigenvalue weighted by molar-refractivity contribution is 7.60. The summed E-state index contributed by atoms with van der Waals surface area (Å²) in [6.45, 7) is 16.2. The molecule has 10 heteroatoms. The van der Waals surface area contributed by atoms with Crippen LogP contribution in [0.3, 0.4) is 0 Å². The Labute approximate surface area is 237 Å². The highest BCUT2D eigenvalue weighted by atomic mass is 31.2. The first kappa shape index (κ1) is 34.0. The zero-order valence-corrected chi connectivity index (χ0v) is 25.1. The number of amides is 1. The van der Waals surface area contributed by atoms with E-state index in [1.165, 1.54) is 6.07 Å². The van der Waals surface area contributed by atoms with Gasteiger partial charge in [-0.25, -0.2) is 8.78 Å². The predicted octanol–water partition coefficient (Wildman–Crippen LogP) is 6.07. The van der Waals surface area contributed by atoms with Gasteiger partial charge in [0.05, 0.1) is 30.7 Å². The number of likely N-dealkylation sites (tertiary alicyclic amines) is 1. The fraction of sp³-hybridized carbons (Fsp3) is 0.600. The van der Waals surface area contributed by atoms with E-state index in [0.717, 1.165) is 18.6 Å². The van der Waals surface area contributed by atoms with E-state index in [9.17, 15) is 22.9 Å². The molecule has 1 aromatic carbocycles. The normalized spacial score (nSPS) is 25.8. The lowest BCUT2D eigenvalue weighted by atomic mass is 10.0. The highest BCUT2D eigenvalue weighted by Gasteiger charge is 2.63. The summed E-state index contributed by atoms with van der Waals surface area (Å²) in [7, 11) is -3.46. The summed E-state index contributed by atoms with van der Waals surface area (Å²) in [6.07, 6.45) is 5.68. The summed E-state index contributed by atoms with van der Waals surface area (Å²) in [6, 6.07) is 3.36. The minimum Gasteiger partial charge on any atom is -0.377 e. The lowest BCUT2D eigenvalue weighted by Crippen LogP contribution is -2.42. The molecule has 6 atom stereocenters. The van der Waals surface area contributed by atoms with Crippen molar-refractivity contribution in [2.75, 3.05) is 26.4 Å².